The third kappa shape index (κ3) is 2.57. The number of aryl methyl sites for hydroxylation is 2. The van der Waals surface area contributed by atoms with Crippen molar-refractivity contribution >= 4 is 33.5 Å². The summed E-state index contributed by atoms with van der Waals surface area (Å²) < 4.78 is 2.18. The second kappa shape index (κ2) is 5.72. The van der Waals surface area contributed by atoms with Crippen LogP contribution in [-0.4, -0.2) is 38.3 Å². The lowest BCUT2D eigenvalue weighted by Crippen LogP contribution is -2.38. The van der Waals surface area contributed by atoms with Crippen molar-refractivity contribution in [2.45, 2.75) is 32.6 Å². The van der Waals surface area contributed by atoms with E-state index in [1.165, 1.54) is 17.0 Å². The quantitative estimate of drug-likeness (QED) is 0.714. The molecular formula is C16H18N4OS2. The van der Waals surface area contributed by atoms with E-state index in [1.54, 1.807) is 11.3 Å². The van der Waals surface area contributed by atoms with Crippen LogP contribution in [0.3, 0.4) is 0 Å². The summed E-state index contributed by atoms with van der Waals surface area (Å²) in [5.41, 5.74) is 2.19. The fourth-order valence-corrected chi connectivity index (χ4v) is 5.11. The van der Waals surface area contributed by atoms with Crippen molar-refractivity contribution in [3.63, 3.8) is 0 Å². The van der Waals surface area contributed by atoms with Crippen molar-refractivity contribution in [3.05, 3.63) is 39.0 Å². The van der Waals surface area contributed by atoms with Crippen LogP contribution in [0.15, 0.2) is 17.8 Å². The van der Waals surface area contributed by atoms with E-state index < -0.39 is 0 Å². The number of fused-ring (bicyclic) bond motifs is 1. The molecule has 1 saturated heterocycles. The number of hydrogen-bond donors (Lipinski definition) is 0. The van der Waals surface area contributed by atoms with E-state index >= 15 is 0 Å². The van der Waals surface area contributed by atoms with Gasteiger partial charge in [0.15, 0.2) is 4.96 Å². The Morgan fingerprint density at radius 3 is 2.78 bits per heavy atom. The first-order chi connectivity index (χ1) is 11.1. The standard InChI is InChI=1S/C16H18N4OS2/c1-10-14(23-11(2)18-10)15(21)19-6-3-12(4-7-19)13-9-22-16-17-5-8-20(13)16/h5,8-9,12H,3-4,6-7H2,1-2H3. The van der Waals surface area contributed by atoms with E-state index in [-0.39, 0.29) is 5.91 Å². The molecule has 0 unspecified atom stereocenters. The summed E-state index contributed by atoms with van der Waals surface area (Å²) in [6, 6.07) is 0. The van der Waals surface area contributed by atoms with Crippen LogP contribution in [0.2, 0.25) is 0 Å². The maximum Gasteiger partial charge on any atom is 0.265 e. The number of rotatable bonds is 2. The van der Waals surface area contributed by atoms with Gasteiger partial charge in [0.2, 0.25) is 0 Å². The molecule has 1 aliphatic heterocycles. The number of carbonyl (C=O) groups is 1. The van der Waals surface area contributed by atoms with Gasteiger partial charge in [-0.1, -0.05) is 0 Å². The minimum absolute atomic E-state index is 0.143. The molecule has 4 rings (SSSR count). The van der Waals surface area contributed by atoms with Gasteiger partial charge in [0.05, 0.1) is 10.7 Å². The maximum absolute atomic E-state index is 12.7. The average molecular weight is 346 g/mol. The molecule has 1 fully saturated rings. The van der Waals surface area contributed by atoms with Crippen molar-refractivity contribution in [2.24, 2.45) is 0 Å². The van der Waals surface area contributed by atoms with Gasteiger partial charge in [-0.2, -0.15) is 0 Å². The van der Waals surface area contributed by atoms with E-state index in [0.29, 0.717) is 5.92 Å². The molecule has 0 radical (unpaired) electrons. The highest BCUT2D eigenvalue weighted by atomic mass is 32.1. The lowest BCUT2D eigenvalue weighted by molar-refractivity contribution is 0.0716. The fourth-order valence-electron chi connectivity index (χ4n) is 3.29. The molecule has 0 bridgehead atoms. The van der Waals surface area contributed by atoms with Crippen LogP contribution in [0.1, 0.15) is 44.8 Å². The van der Waals surface area contributed by atoms with Gasteiger partial charge in [0.1, 0.15) is 4.88 Å². The van der Waals surface area contributed by atoms with Crippen LogP contribution < -0.4 is 0 Å². The SMILES string of the molecule is Cc1nc(C)c(C(=O)N2CCC(c3csc4nccn34)CC2)s1. The minimum Gasteiger partial charge on any atom is -0.338 e. The van der Waals surface area contributed by atoms with Gasteiger partial charge in [-0.3, -0.25) is 9.20 Å². The van der Waals surface area contributed by atoms with Crippen LogP contribution in [0.25, 0.3) is 4.96 Å². The molecule has 0 saturated carbocycles. The third-order valence-electron chi connectivity index (χ3n) is 4.47. The summed E-state index contributed by atoms with van der Waals surface area (Å²) in [6.07, 6.45) is 5.89. The first kappa shape index (κ1) is 14.8. The van der Waals surface area contributed by atoms with E-state index in [4.69, 9.17) is 0 Å². The number of amides is 1. The highest BCUT2D eigenvalue weighted by Gasteiger charge is 2.28. The Morgan fingerprint density at radius 1 is 1.30 bits per heavy atom. The molecule has 120 valence electrons. The van der Waals surface area contributed by atoms with Crippen molar-refractivity contribution < 1.29 is 4.79 Å². The first-order valence-corrected chi connectivity index (χ1v) is 9.47. The monoisotopic (exact) mass is 346 g/mol. The Hall–Kier alpha value is -1.73. The van der Waals surface area contributed by atoms with Gasteiger partial charge in [-0.15, -0.1) is 22.7 Å². The molecule has 7 heteroatoms. The summed E-state index contributed by atoms with van der Waals surface area (Å²) in [7, 11) is 0. The molecule has 4 heterocycles. The van der Waals surface area contributed by atoms with Gasteiger partial charge >= 0.3 is 0 Å². The Kier molecular flexibility index (Phi) is 3.69. The van der Waals surface area contributed by atoms with E-state index in [9.17, 15) is 4.79 Å². The Balaban J connectivity index is 1.48. The van der Waals surface area contributed by atoms with Crippen LogP contribution in [-0.2, 0) is 0 Å². The lowest BCUT2D eigenvalue weighted by Gasteiger charge is -2.31. The van der Waals surface area contributed by atoms with Crippen LogP contribution in [0.4, 0.5) is 0 Å². The number of thiazole rings is 2. The Bertz CT molecular complexity index is 855. The smallest absolute Gasteiger partial charge is 0.265 e. The van der Waals surface area contributed by atoms with Crippen LogP contribution >= 0.6 is 22.7 Å². The number of carbonyl (C=O) groups excluding carboxylic acids is 1. The Labute approximate surface area is 142 Å². The molecule has 5 nitrogen and oxygen atoms in total. The van der Waals surface area contributed by atoms with Gasteiger partial charge in [-0.25, -0.2) is 9.97 Å². The third-order valence-corrected chi connectivity index (χ3v) is 6.40. The van der Waals surface area contributed by atoms with Gasteiger partial charge in [-0.05, 0) is 26.7 Å². The number of likely N-dealkylation sites (tertiary alicyclic amines) is 1. The first-order valence-electron chi connectivity index (χ1n) is 7.77. The molecular weight excluding hydrogens is 328 g/mol. The zero-order valence-corrected chi connectivity index (χ0v) is 14.8. The molecule has 0 aliphatic carbocycles. The molecule has 1 aliphatic rings. The Morgan fingerprint density at radius 2 is 2.09 bits per heavy atom. The molecule has 0 atom stereocenters. The summed E-state index contributed by atoms with van der Waals surface area (Å²) in [5.74, 6) is 0.649. The van der Waals surface area contributed by atoms with E-state index in [1.807, 2.05) is 31.1 Å². The molecule has 0 aromatic carbocycles. The summed E-state index contributed by atoms with van der Waals surface area (Å²) in [4.78, 5) is 25.2. The van der Waals surface area contributed by atoms with Gasteiger partial charge in [0.25, 0.3) is 5.91 Å². The average Bonchev–Trinajstić information content (AvgIpc) is 3.22. The summed E-state index contributed by atoms with van der Waals surface area (Å²) >= 11 is 3.19. The molecule has 0 spiro atoms. The maximum atomic E-state index is 12.7. The summed E-state index contributed by atoms with van der Waals surface area (Å²) in [6.45, 7) is 5.50. The predicted molar refractivity (Wildman–Crippen MR) is 92.5 cm³/mol. The summed E-state index contributed by atoms with van der Waals surface area (Å²) in [5, 5.41) is 3.17. The lowest BCUT2D eigenvalue weighted by atomic mass is 9.94. The van der Waals surface area contributed by atoms with E-state index in [2.05, 4.69) is 19.7 Å². The van der Waals surface area contributed by atoms with Crippen molar-refractivity contribution in [1.82, 2.24) is 19.3 Å². The molecule has 1 amide bonds. The highest BCUT2D eigenvalue weighted by molar-refractivity contribution is 7.15. The van der Waals surface area contributed by atoms with Crippen molar-refractivity contribution in [3.8, 4) is 0 Å². The number of piperidine rings is 1. The van der Waals surface area contributed by atoms with E-state index in [0.717, 1.165) is 46.5 Å². The molecule has 3 aromatic heterocycles. The van der Waals surface area contributed by atoms with Crippen LogP contribution in [0.5, 0.6) is 0 Å². The predicted octanol–water partition coefficient (Wildman–Crippen LogP) is 3.49. The number of hydrogen-bond acceptors (Lipinski definition) is 5. The molecule has 0 N–H and O–H groups in total. The fraction of sp³-hybridized carbons (Fsp3) is 0.438. The van der Waals surface area contributed by atoms with Gasteiger partial charge in [0, 0.05) is 42.5 Å². The zero-order chi connectivity index (χ0) is 16.0. The molecule has 3 aromatic rings. The number of imidazole rings is 1. The second-order valence-corrected chi connectivity index (χ2v) is 7.99. The number of aromatic nitrogens is 3. The number of nitrogens with zero attached hydrogens (tertiary/aromatic N) is 4. The van der Waals surface area contributed by atoms with Crippen molar-refractivity contribution in [2.75, 3.05) is 13.1 Å². The zero-order valence-electron chi connectivity index (χ0n) is 13.2. The normalized spacial score (nSPS) is 16.3. The van der Waals surface area contributed by atoms with Crippen LogP contribution in [0, 0.1) is 13.8 Å². The highest BCUT2D eigenvalue weighted by Crippen LogP contribution is 2.32. The van der Waals surface area contributed by atoms with Gasteiger partial charge < -0.3 is 4.90 Å². The topological polar surface area (TPSA) is 50.5 Å². The van der Waals surface area contributed by atoms with Crippen molar-refractivity contribution in [1.29, 1.82) is 0 Å². The minimum atomic E-state index is 0.143. The molecule has 23 heavy (non-hydrogen) atoms. The largest absolute Gasteiger partial charge is 0.338 e. The second-order valence-electron chi connectivity index (χ2n) is 5.95.